The first-order valence-electron chi connectivity index (χ1n) is 16.4. The molecule has 4 atom stereocenters. The average molecular weight is 568 g/mol. The minimum Gasteiger partial charge on any atom is -0.369 e. The smallest absolute Gasteiger partial charge is 0.113 e. The summed E-state index contributed by atoms with van der Waals surface area (Å²) in [5, 5.41) is 0. The largest absolute Gasteiger partial charge is 0.369 e. The predicted molar refractivity (Wildman–Crippen MR) is 169 cm³/mol. The number of piperidine rings is 1. The van der Waals surface area contributed by atoms with Crippen LogP contribution in [0.4, 0.5) is 0 Å². The Morgan fingerprint density at radius 3 is 1.62 bits per heavy atom. The van der Waals surface area contributed by atoms with Gasteiger partial charge in [0.25, 0.3) is 0 Å². The molecule has 1 heterocycles. The SMILES string of the molecule is C[C@@H]1[C@@H](OCc2ccccc2)[C@H](OCc2ccccc2)[C@@H](OCc2ccccc2)CN1CC1CCC2(CCCC2)CC1. The first-order chi connectivity index (χ1) is 20.7. The summed E-state index contributed by atoms with van der Waals surface area (Å²) in [4.78, 5) is 2.67. The molecular formula is C38H49NO3. The van der Waals surface area contributed by atoms with Crippen LogP contribution in [0.5, 0.6) is 0 Å². The molecule has 2 aliphatic carbocycles. The van der Waals surface area contributed by atoms with Gasteiger partial charge in [0.1, 0.15) is 12.2 Å². The Labute approximate surface area is 253 Å². The van der Waals surface area contributed by atoms with Crippen molar-refractivity contribution in [3.8, 4) is 0 Å². The van der Waals surface area contributed by atoms with Crippen LogP contribution < -0.4 is 0 Å². The molecule has 0 bridgehead atoms. The van der Waals surface area contributed by atoms with Gasteiger partial charge < -0.3 is 14.2 Å². The van der Waals surface area contributed by atoms with Crippen molar-refractivity contribution in [3.05, 3.63) is 108 Å². The molecule has 3 fully saturated rings. The Bertz CT molecular complexity index is 1190. The normalized spacial score (nSPS) is 26.5. The third-order valence-corrected chi connectivity index (χ3v) is 10.4. The molecule has 3 aliphatic rings. The number of hydrogen-bond donors (Lipinski definition) is 0. The minimum absolute atomic E-state index is 0.0735. The zero-order chi connectivity index (χ0) is 28.6. The van der Waals surface area contributed by atoms with Crippen molar-refractivity contribution < 1.29 is 14.2 Å². The van der Waals surface area contributed by atoms with Crippen LogP contribution in [0.15, 0.2) is 91.0 Å². The van der Waals surface area contributed by atoms with Gasteiger partial charge in [-0.25, -0.2) is 0 Å². The summed E-state index contributed by atoms with van der Waals surface area (Å²) in [5.41, 5.74) is 4.24. The maximum atomic E-state index is 6.81. The van der Waals surface area contributed by atoms with Gasteiger partial charge in [-0.3, -0.25) is 4.90 Å². The van der Waals surface area contributed by atoms with Crippen LogP contribution in [0.25, 0.3) is 0 Å². The number of rotatable bonds is 11. The first kappa shape index (κ1) is 29.6. The van der Waals surface area contributed by atoms with Crippen LogP contribution in [-0.2, 0) is 34.0 Å². The topological polar surface area (TPSA) is 30.9 Å². The van der Waals surface area contributed by atoms with E-state index in [4.69, 9.17) is 14.2 Å². The number of ether oxygens (including phenoxy) is 3. The molecule has 0 aromatic heterocycles. The molecule has 42 heavy (non-hydrogen) atoms. The highest BCUT2D eigenvalue weighted by Crippen LogP contribution is 2.50. The van der Waals surface area contributed by atoms with Crippen molar-refractivity contribution in [1.29, 1.82) is 0 Å². The zero-order valence-corrected chi connectivity index (χ0v) is 25.4. The summed E-state index contributed by atoms with van der Waals surface area (Å²) >= 11 is 0. The Hall–Kier alpha value is -2.50. The van der Waals surface area contributed by atoms with E-state index in [0.717, 1.165) is 19.0 Å². The first-order valence-corrected chi connectivity index (χ1v) is 16.4. The van der Waals surface area contributed by atoms with E-state index in [9.17, 15) is 0 Å². The van der Waals surface area contributed by atoms with Crippen LogP contribution in [0, 0.1) is 11.3 Å². The van der Waals surface area contributed by atoms with Crippen LogP contribution in [-0.4, -0.2) is 42.3 Å². The van der Waals surface area contributed by atoms with E-state index in [1.54, 1.807) is 0 Å². The molecule has 224 valence electrons. The predicted octanol–water partition coefficient (Wildman–Crippen LogP) is 8.20. The van der Waals surface area contributed by atoms with Crippen LogP contribution in [0.2, 0.25) is 0 Å². The molecule has 2 saturated carbocycles. The Balaban J connectivity index is 1.20. The Kier molecular flexibility index (Phi) is 10.1. The average Bonchev–Trinajstić information content (AvgIpc) is 3.50. The standard InChI is InChI=1S/C38H49NO3/c1-30-36(41-28-33-15-7-3-8-16-33)37(42-29-34-17-9-4-10-18-34)35(40-27-32-13-5-2-6-14-32)26-39(30)25-31-19-23-38(24-20-31)21-11-12-22-38/h2-10,13-18,30-31,35-37H,11-12,19-29H2,1H3/t30-,35+,36-,37-/m1/s1. The highest BCUT2D eigenvalue weighted by Gasteiger charge is 2.45. The Morgan fingerprint density at radius 2 is 1.10 bits per heavy atom. The molecule has 3 aromatic rings. The van der Waals surface area contributed by atoms with Gasteiger partial charge in [-0.05, 0) is 73.5 Å². The maximum absolute atomic E-state index is 6.81. The highest BCUT2D eigenvalue weighted by atomic mass is 16.6. The third kappa shape index (κ3) is 7.52. The summed E-state index contributed by atoms with van der Waals surface area (Å²) in [6.07, 6.45) is 11.1. The summed E-state index contributed by atoms with van der Waals surface area (Å²) in [6, 6.07) is 31.8. The van der Waals surface area contributed by atoms with E-state index in [-0.39, 0.29) is 24.4 Å². The molecule has 1 spiro atoms. The van der Waals surface area contributed by atoms with E-state index in [0.29, 0.717) is 25.2 Å². The van der Waals surface area contributed by atoms with Gasteiger partial charge in [0, 0.05) is 19.1 Å². The van der Waals surface area contributed by atoms with Crippen molar-refractivity contribution >= 4 is 0 Å². The fraction of sp³-hybridized carbons (Fsp3) is 0.526. The van der Waals surface area contributed by atoms with Gasteiger partial charge in [-0.15, -0.1) is 0 Å². The molecule has 0 radical (unpaired) electrons. The quantitative estimate of drug-likeness (QED) is 0.234. The van der Waals surface area contributed by atoms with Crippen molar-refractivity contribution in [3.63, 3.8) is 0 Å². The molecule has 4 heteroatoms. The maximum Gasteiger partial charge on any atom is 0.113 e. The van der Waals surface area contributed by atoms with Gasteiger partial charge in [0.2, 0.25) is 0 Å². The Morgan fingerprint density at radius 1 is 0.619 bits per heavy atom. The van der Waals surface area contributed by atoms with Crippen molar-refractivity contribution in [2.45, 2.75) is 102 Å². The second-order valence-corrected chi connectivity index (χ2v) is 13.2. The molecule has 1 saturated heterocycles. The van der Waals surface area contributed by atoms with E-state index >= 15 is 0 Å². The van der Waals surface area contributed by atoms with Crippen molar-refractivity contribution in [2.24, 2.45) is 11.3 Å². The van der Waals surface area contributed by atoms with Gasteiger partial charge >= 0.3 is 0 Å². The highest BCUT2D eigenvalue weighted by molar-refractivity contribution is 5.16. The van der Waals surface area contributed by atoms with Gasteiger partial charge in [0.05, 0.1) is 25.9 Å². The van der Waals surface area contributed by atoms with Crippen molar-refractivity contribution in [1.82, 2.24) is 4.90 Å². The molecular weight excluding hydrogens is 518 g/mol. The molecule has 6 rings (SSSR count). The molecule has 1 aliphatic heterocycles. The summed E-state index contributed by atoms with van der Waals surface area (Å²) in [7, 11) is 0. The van der Waals surface area contributed by atoms with E-state index in [1.807, 2.05) is 0 Å². The molecule has 0 N–H and O–H groups in total. The number of benzene rings is 3. The lowest BCUT2D eigenvalue weighted by Crippen LogP contribution is -2.63. The molecule has 3 aromatic carbocycles. The lowest BCUT2D eigenvalue weighted by molar-refractivity contribution is -0.202. The molecule has 0 amide bonds. The van der Waals surface area contributed by atoms with Crippen LogP contribution >= 0.6 is 0 Å². The second-order valence-electron chi connectivity index (χ2n) is 13.2. The lowest BCUT2D eigenvalue weighted by Gasteiger charge is -2.49. The number of hydrogen-bond acceptors (Lipinski definition) is 4. The molecule has 4 nitrogen and oxygen atoms in total. The summed E-state index contributed by atoms with van der Waals surface area (Å²) in [6.45, 7) is 6.06. The zero-order valence-electron chi connectivity index (χ0n) is 25.4. The number of likely N-dealkylation sites (tertiary alicyclic amines) is 1. The van der Waals surface area contributed by atoms with Gasteiger partial charge in [0.15, 0.2) is 0 Å². The fourth-order valence-corrected chi connectivity index (χ4v) is 7.76. The van der Waals surface area contributed by atoms with E-state index < -0.39 is 0 Å². The van der Waals surface area contributed by atoms with Gasteiger partial charge in [-0.2, -0.15) is 0 Å². The van der Waals surface area contributed by atoms with Crippen molar-refractivity contribution in [2.75, 3.05) is 13.1 Å². The minimum atomic E-state index is -0.156. The summed E-state index contributed by atoms with van der Waals surface area (Å²) < 4.78 is 20.3. The van der Waals surface area contributed by atoms with E-state index in [1.165, 1.54) is 68.1 Å². The monoisotopic (exact) mass is 567 g/mol. The van der Waals surface area contributed by atoms with Crippen LogP contribution in [0.1, 0.15) is 75.0 Å². The summed E-state index contributed by atoms with van der Waals surface area (Å²) in [5.74, 6) is 0.755. The van der Waals surface area contributed by atoms with Crippen LogP contribution in [0.3, 0.4) is 0 Å². The number of nitrogens with zero attached hydrogens (tertiary/aromatic N) is 1. The fourth-order valence-electron chi connectivity index (χ4n) is 7.76. The second kappa shape index (κ2) is 14.3. The third-order valence-electron chi connectivity index (χ3n) is 10.4. The lowest BCUT2D eigenvalue weighted by atomic mass is 9.69. The van der Waals surface area contributed by atoms with E-state index in [2.05, 4.69) is 103 Å². The van der Waals surface area contributed by atoms with Gasteiger partial charge in [-0.1, -0.05) is 104 Å². The molecule has 0 unspecified atom stereocenters.